The molecule has 2 fully saturated rings. The summed E-state index contributed by atoms with van der Waals surface area (Å²) >= 11 is 0. The van der Waals surface area contributed by atoms with Gasteiger partial charge < -0.3 is 25.0 Å². The van der Waals surface area contributed by atoms with Crippen LogP contribution in [0.3, 0.4) is 0 Å². The van der Waals surface area contributed by atoms with Crippen LogP contribution in [0.15, 0.2) is 18.2 Å². The number of nitrogens with zero attached hydrogens (tertiary/aromatic N) is 1. The van der Waals surface area contributed by atoms with Crippen molar-refractivity contribution in [1.82, 2.24) is 10.6 Å². The molecule has 1 heterocycles. The molecule has 0 radical (unpaired) electrons. The molecular weight excluding hydrogens is 370 g/mol. The minimum atomic E-state index is -0.218. The molecule has 0 bridgehead atoms. The van der Waals surface area contributed by atoms with Gasteiger partial charge in [-0.3, -0.25) is 4.79 Å². The zero-order valence-electron chi connectivity index (χ0n) is 18.1. The van der Waals surface area contributed by atoms with Crippen LogP contribution >= 0.6 is 0 Å². The third-order valence-corrected chi connectivity index (χ3v) is 5.86. The molecule has 1 saturated carbocycles. The van der Waals surface area contributed by atoms with Gasteiger partial charge in [-0.25, -0.2) is 4.79 Å². The monoisotopic (exact) mass is 403 g/mol. The number of anilines is 1. The van der Waals surface area contributed by atoms with Crippen LogP contribution in [0.4, 0.5) is 10.5 Å². The van der Waals surface area contributed by atoms with Crippen LogP contribution < -0.4 is 25.0 Å². The SMILES string of the molecule is COc1ccc(N2C[C@H](NC(=O)N[C@H]3C[C@@H](C)CC(C)(C)C3)CC2=O)cc1OC. The summed E-state index contributed by atoms with van der Waals surface area (Å²) in [4.78, 5) is 26.7. The van der Waals surface area contributed by atoms with E-state index in [4.69, 9.17) is 9.47 Å². The molecule has 0 unspecified atom stereocenters. The highest BCUT2D eigenvalue weighted by Gasteiger charge is 2.35. The number of urea groups is 1. The van der Waals surface area contributed by atoms with Gasteiger partial charge >= 0.3 is 6.03 Å². The van der Waals surface area contributed by atoms with E-state index in [0.29, 0.717) is 24.0 Å². The second kappa shape index (κ2) is 8.51. The lowest BCUT2D eigenvalue weighted by Gasteiger charge is -2.39. The van der Waals surface area contributed by atoms with E-state index in [9.17, 15) is 9.59 Å². The number of hydrogen-bond donors (Lipinski definition) is 2. The van der Waals surface area contributed by atoms with Crippen LogP contribution in [0, 0.1) is 11.3 Å². The maximum Gasteiger partial charge on any atom is 0.315 e. The Morgan fingerprint density at radius 2 is 1.79 bits per heavy atom. The Hall–Kier alpha value is -2.44. The standard InChI is InChI=1S/C22H33N3O4/c1-14-8-15(12-22(2,3)11-14)23-21(27)24-16-9-20(26)25(13-16)17-6-7-18(28-4)19(10-17)29-5/h6-7,10,14-16H,8-9,11-13H2,1-5H3,(H2,23,24,27)/t14-,15+,16-/m1/s1. The second-order valence-electron chi connectivity index (χ2n) is 9.17. The number of rotatable bonds is 5. The predicted octanol–water partition coefficient (Wildman–Crippen LogP) is 3.32. The fraction of sp³-hybridized carbons (Fsp3) is 0.636. The first-order chi connectivity index (χ1) is 13.7. The van der Waals surface area contributed by atoms with Crippen molar-refractivity contribution in [3.63, 3.8) is 0 Å². The molecule has 0 aromatic heterocycles. The smallest absolute Gasteiger partial charge is 0.315 e. The first-order valence-corrected chi connectivity index (χ1v) is 10.3. The summed E-state index contributed by atoms with van der Waals surface area (Å²) < 4.78 is 10.6. The Balaban J connectivity index is 1.58. The van der Waals surface area contributed by atoms with E-state index < -0.39 is 0 Å². The largest absolute Gasteiger partial charge is 0.493 e. The highest BCUT2D eigenvalue weighted by molar-refractivity contribution is 5.97. The highest BCUT2D eigenvalue weighted by atomic mass is 16.5. The Kier molecular flexibility index (Phi) is 6.24. The van der Waals surface area contributed by atoms with Gasteiger partial charge in [-0.05, 0) is 42.7 Å². The fourth-order valence-electron chi connectivity index (χ4n) is 4.92. The van der Waals surface area contributed by atoms with Crippen LogP contribution in [0.1, 0.15) is 46.5 Å². The molecule has 1 saturated heterocycles. The third-order valence-electron chi connectivity index (χ3n) is 5.86. The van der Waals surface area contributed by atoms with Gasteiger partial charge in [0.25, 0.3) is 0 Å². The summed E-state index contributed by atoms with van der Waals surface area (Å²) in [5.41, 5.74) is 0.976. The number of nitrogens with one attached hydrogen (secondary N) is 2. The normalized spacial score (nSPS) is 26.2. The van der Waals surface area contributed by atoms with Crippen molar-refractivity contribution in [3.8, 4) is 11.5 Å². The topological polar surface area (TPSA) is 79.9 Å². The van der Waals surface area contributed by atoms with E-state index in [1.165, 1.54) is 6.42 Å². The molecule has 1 aliphatic heterocycles. The van der Waals surface area contributed by atoms with E-state index in [0.717, 1.165) is 18.5 Å². The van der Waals surface area contributed by atoms with Crippen molar-refractivity contribution in [2.24, 2.45) is 11.3 Å². The number of carbonyl (C=O) groups excluding carboxylic acids is 2. The summed E-state index contributed by atoms with van der Waals surface area (Å²) in [5.74, 6) is 1.76. The van der Waals surface area contributed by atoms with E-state index in [1.807, 2.05) is 6.07 Å². The summed E-state index contributed by atoms with van der Waals surface area (Å²) in [6.07, 6.45) is 3.45. The van der Waals surface area contributed by atoms with E-state index >= 15 is 0 Å². The van der Waals surface area contributed by atoms with Gasteiger partial charge in [-0.15, -0.1) is 0 Å². The maximum absolute atomic E-state index is 12.5. The molecule has 3 rings (SSSR count). The maximum atomic E-state index is 12.5. The lowest BCUT2D eigenvalue weighted by molar-refractivity contribution is -0.117. The van der Waals surface area contributed by atoms with Crippen molar-refractivity contribution in [2.75, 3.05) is 25.7 Å². The van der Waals surface area contributed by atoms with Gasteiger partial charge in [0.15, 0.2) is 11.5 Å². The van der Waals surface area contributed by atoms with E-state index in [1.54, 1.807) is 31.3 Å². The number of carbonyl (C=O) groups is 2. The first-order valence-electron chi connectivity index (χ1n) is 10.3. The molecule has 7 nitrogen and oxygen atoms in total. The minimum absolute atomic E-state index is 0.0186. The number of benzene rings is 1. The quantitative estimate of drug-likeness (QED) is 0.790. The Morgan fingerprint density at radius 3 is 2.45 bits per heavy atom. The van der Waals surface area contributed by atoms with Gasteiger partial charge in [0, 0.05) is 30.8 Å². The Labute approximate surface area is 173 Å². The number of ether oxygens (including phenoxy) is 2. The van der Waals surface area contributed by atoms with Crippen molar-refractivity contribution in [3.05, 3.63) is 18.2 Å². The van der Waals surface area contributed by atoms with Gasteiger partial charge in [0.05, 0.1) is 20.3 Å². The molecular formula is C22H33N3O4. The number of hydrogen-bond acceptors (Lipinski definition) is 4. The van der Waals surface area contributed by atoms with Crippen LogP contribution in [0.25, 0.3) is 0 Å². The van der Waals surface area contributed by atoms with E-state index in [2.05, 4.69) is 31.4 Å². The van der Waals surface area contributed by atoms with Crippen molar-refractivity contribution < 1.29 is 19.1 Å². The molecule has 3 amide bonds. The Bertz CT molecular complexity index is 764. The second-order valence-corrected chi connectivity index (χ2v) is 9.17. The molecule has 1 aromatic carbocycles. The van der Waals surface area contributed by atoms with Crippen LogP contribution in [-0.2, 0) is 4.79 Å². The molecule has 1 aliphatic carbocycles. The molecule has 1 aromatic rings. The Morgan fingerprint density at radius 1 is 1.10 bits per heavy atom. The molecule has 2 N–H and O–H groups in total. The van der Waals surface area contributed by atoms with Gasteiger partial charge in [-0.1, -0.05) is 20.8 Å². The molecule has 0 spiro atoms. The summed E-state index contributed by atoms with van der Waals surface area (Å²) in [7, 11) is 3.14. The molecule has 160 valence electrons. The van der Waals surface area contributed by atoms with Gasteiger partial charge in [0.1, 0.15) is 0 Å². The number of amides is 3. The van der Waals surface area contributed by atoms with E-state index in [-0.39, 0.29) is 35.9 Å². The van der Waals surface area contributed by atoms with Crippen LogP contribution in [-0.4, -0.2) is 44.8 Å². The lowest BCUT2D eigenvalue weighted by Crippen LogP contribution is -2.50. The first kappa shape index (κ1) is 21.3. The fourth-order valence-corrected chi connectivity index (χ4v) is 4.92. The zero-order valence-corrected chi connectivity index (χ0v) is 18.1. The van der Waals surface area contributed by atoms with Gasteiger partial charge in [0.2, 0.25) is 5.91 Å². The summed E-state index contributed by atoms with van der Waals surface area (Å²) in [6.45, 7) is 7.19. The average molecular weight is 404 g/mol. The van der Waals surface area contributed by atoms with Crippen LogP contribution in [0.2, 0.25) is 0 Å². The summed E-state index contributed by atoms with van der Waals surface area (Å²) in [6, 6.07) is 5.16. The average Bonchev–Trinajstić information content (AvgIpc) is 2.99. The summed E-state index contributed by atoms with van der Waals surface area (Å²) in [5, 5.41) is 6.10. The van der Waals surface area contributed by atoms with Crippen molar-refractivity contribution >= 4 is 17.6 Å². The van der Waals surface area contributed by atoms with Crippen molar-refractivity contribution in [1.29, 1.82) is 0 Å². The third kappa shape index (κ3) is 5.14. The molecule has 2 aliphatic rings. The van der Waals surface area contributed by atoms with Gasteiger partial charge in [-0.2, -0.15) is 0 Å². The van der Waals surface area contributed by atoms with Crippen molar-refractivity contribution in [2.45, 2.75) is 58.5 Å². The molecule has 29 heavy (non-hydrogen) atoms. The van der Waals surface area contributed by atoms with Crippen LogP contribution in [0.5, 0.6) is 11.5 Å². The lowest BCUT2D eigenvalue weighted by atomic mass is 9.71. The highest BCUT2D eigenvalue weighted by Crippen LogP contribution is 2.38. The minimum Gasteiger partial charge on any atom is -0.493 e. The molecule has 3 atom stereocenters. The number of methoxy groups -OCH3 is 2. The molecule has 7 heteroatoms. The zero-order chi connectivity index (χ0) is 21.2. The predicted molar refractivity (Wildman–Crippen MR) is 113 cm³/mol.